The van der Waals surface area contributed by atoms with Crippen molar-refractivity contribution in [2.45, 2.75) is 64.3 Å². The van der Waals surface area contributed by atoms with E-state index in [1.165, 1.54) is 7.11 Å². The van der Waals surface area contributed by atoms with Crippen LogP contribution in [0.15, 0.2) is 16.9 Å². The number of carbonyl (C=O) groups excluding carboxylic acids is 1. The van der Waals surface area contributed by atoms with Gasteiger partial charge < -0.3 is 29.2 Å². The SMILES string of the molecule is COc1cc(C)[nH]c(=O)c1CNC(=O)c1cc(Cl)c2c(c1C)O[C@@H](C1CCC(N3CC(OC)C3)CC1)CO2. The van der Waals surface area contributed by atoms with E-state index in [1.807, 2.05) is 6.92 Å². The first kappa shape index (κ1) is 26.8. The summed E-state index contributed by atoms with van der Waals surface area (Å²) < 4.78 is 23.3. The van der Waals surface area contributed by atoms with Crippen molar-refractivity contribution < 1.29 is 23.7 Å². The molecule has 0 radical (unpaired) electrons. The number of ether oxygens (including phenoxy) is 4. The molecule has 0 bridgehead atoms. The van der Waals surface area contributed by atoms with Crippen molar-refractivity contribution >= 4 is 17.5 Å². The molecule has 38 heavy (non-hydrogen) atoms. The lowest BCUT2D eigenvalue weighted by molar-refractivity contribution is -0.0649. The summed E-state index contributed by atoms with van der Waals surface area (Å²) in [4.78, 5) is 30.9. The number of carbonyl (C=O) groups is 1. The average molecular weight is 546 g/mol. The molecule has 206 valence electrons. The second-order valence-electron chi connectivity index (χ2n) is 10.5. The average Bonchev–Trinajstić information content (AvgIpc) is 2.89. The molecule has 1 saturated carbocycles. The number of nitrogens with one attached hydrogen (secondary N) is 2. The summed E-state index contributed by atoms with van der Waals surface area (Å²) in [6, 6.07) is 3.93. The smallest absolute Gasteiger partial charge is 0.256 e. The molecular formula is C28H36ClN3O6. The maximum absolute atomic E-state index is 13.2. The number of methoxy groups -OCH3 is 2. The van der Waals surface area contributed by atoms with Crippen LogP contribution in [0, 0.1) is 19.8 Å². The zero-order valence-corrected chi connectivity index (χ0v) is 23.2. The first-order chi connectivity index (χ1) is 18.3. The zero-order chi connectivity index (χ0) is 27.0. The number of benzene rings is 1. The van der Waals surface area contributed by atoms with Crippen LogP contribution in [0.25, 0.3) is 0 Å². The third-order valence-corrected chi connectivity index (χ3v) is 8.49. The molecule has 0 unspecified atom stereocenters. The third kappa shape index (κ3) is 5.24. The maximum atomic E-state index is 13.2. The van der Waals surface area contributed by atoms with Gasteiger partial charge >= 0.3 is 0 Å². The molecule has 2 aromatic rings. The predicted octanol–water partition coefficient (Wildman–Crippen LogP) is 3.61. The fourth-order valence-corrected chi connectivity index (χ4v) is 6.10. The van der Waals surface area contributed by atoms with E-state index in [0.717, 1.165) is 38.8 Å². The van der Waals surface area contributed by atoms with Gasteiger partial charge in [0.05, 0.1) is 30.3 Å². The number of H-pyrrole nitrogens is 1. The Morgan fingerprint density at radius 2 is 1.89 bits per heavy atom. The normalized spacial score (nSPS) is 23.6. The minimum absolute atomic E-state index is 0.0110. The third-order valence-electron chi connectivity index (χ3n) is 8.21. The minimum Gasteiger partial charge on any atom is -0.496 e. The topological polar surface area (TPSA) is 102 Å². The lowest BCUT2D eigenvalue weighted by atomic mass is 9.81. The molecule has 10 heteroatoms. The molecule has 1 amide bonds. The van der Waals surface area contributed by atoms with Crippen molar-refractivity contribution in [3.63, 3.8) is 0 Å². The van der Waals surface area contributed by atoms with Crippen LogP contribution in [0.5, 0.6) is 17.2 Å². The Morgan fingerprint density at radius 3 is 2.58 bits per heavy atom. The van der Waals surface area contributed by atoms with Crippen molar-refractivity contribution in [1.29, 1.82) is 0 Å². The van der Waals surface area contributed by atoms with E-state index in [4.69, 9.17) is 30.5 Å². The van der Waals surface area contributed by atoms with Gasteiger partial charge in [-0.25, -0.2) is 0 Å². The van der Waals surface area contributed by atoms with E-state index in [1.54, 1.807) is 26.2 Å². The summed E-state index contributed by atoms with van der Waals surface area (Å²) in [7, 11) is 3.28. The van der Waals surface area contributed by atoms with Crippen LogP contribution < -0.4 is 25.1 Å². The fourth-order valence-electron chi connectivity index (χ4n) is 5.85. The van der Waals surface area contributed by atoms with Crippen molar-refractivity contribution in [3.05, 3.63) is 49.9 Å². The van der Waals surface area contributed by atoms with Gasteiger partial charge in [-0.3, -0.25) is 14.5 Å². The number of likely N-dealkylation sites (tertiary alicyclic amines) is 1. The maximum Gasteiger partial charge on any atom is 0.256 e. The van der Waals surface area contributed by atoms with Crippen LogP contribution in [0.3, 0.4) is 0 Å². The highest BCUT2D eigenvalue weighted by molar-refractivity contribution is 6.32. The van der Waals surface area contributed by atoms with Gasteiger partial charge in [-0.05, 0) is 57.6 Å². The number of amides is 1. The second-order valence-corrected chi connectivity index (χ2v) is 11.0. The first-order valence-electron chi connectivity index (χ1n) is 13.2. The van der Waals surface area contributed by atoms with Crippen LogP contribution in [-0.4, -0.2) is 68.0 Å². The molecule has 1 aliphatic carbocycles. The standard InChI is InChI=1S/C28H36ClN3O6/c1-15-9-23(36-4)21(28(34)31-15)11-30-27(33)20-10-22(29)26-25(16(20)2)38-24(14-37-26)17-5-7-18(8-6-17)32-12-19(13-32)35-3/h9-10,17-19,24H,5-8,11-14H2,1-4H3,(H,30,33)(H,31,34)/t17?,18?,24-/m1/s1. The number of hydrogen-bond acceptors (Lipinski definition) is 7. The molecule has 2 N–H and O–H groups in total. The number of aryl methyl sites for hydroxylation is 1. The minimum atomic E-state index is -0.357. The fraction of sp³-hybridized carbons (Fsp3) is 0.571. The van der Waals surface area contributed by atoms with Crippen molar-refractivity contribution in [3.8, 4) is 17.2 Å². The van der Waals surface area contributed by atoms with Crippen LogP contribution in [0.4, 0.5) is 0 Å². The Balaban J connectivity index is 1.26. The van der Waals surface area contributed by atoms with Gasteiger partial charge in [0.2, 0.25) is 0 Å². The monoisotopic (exact) mass is 545 g/mol. The Hall–Kier alpha value is -2.75. The molecule has 2 aliphatic heterocycles. The van der Waals surface area contributed by atoms with Gasteiger partial charge in [0.15, 0.2) is 11.5 Å². The van der Waals surface area contributed by atoms with Gasteiger partial charge in [0.25, 0.3) is 11.5 Å². The summed E-state index contributed by atoms with van der Waals surface area (Å²) in [5, 5.41) is 3.15. The van der Waals surface area contributed by atoms with Crippen LogP contribution >= 0.6 is 11.6 Å². The molecule has 1 aromatic carbocycles. The Bertz CT molecular complexity index is 1250. The Labute approximate surface area is 227 Å². The molecule has 1 atom stereocenters. The summed E-state index contributed by atoms with van der Waals surface area (Å²) in [5.74, 6) is 1.46. The van der Waals surface area contributed by atoms with Gasteiger partial charge in [-0.1, -0.05) is 11.6 Å². The number of hydrogen-bond donors (Lipinski definition) is 2. The number of aromatic amines is 1. The second kappa shape index (κ2) is 11.2. The number of pyridine rings is 1. The van der Waals surface area contributed by atoms with Crippen molar-refractivity contribution in [1.82, 2.24) is 15.2 Å². The lowest BCUT2D eigenvalue weighted by Crippen LogP contribution is -2.57. The lowest BCUT2D eigenvalue weighted by Gasteiger charge is -2.46. The largest absolute Gasteiger partial charge is 0.496 e. The number of aromatic nitrogens is 1. The molecule has 3 heterocycles. The molecule has 5 rings (SSSR count). The Morgan fingerprint density at radius 1 is 1.16 bits per heavy atom. The van der Waals surface area contributed by atoms with Gasteiger partial charge in [0.1, 0.15) is 18.5 Å². The molecular weight excluding hydrogens is 510 g/mol. The highest BCUT2D eigenvalue weighted by Gasteiger charge is 2.38. The predicted molar refractivity (Wildman–Crippen MR) is 144 cm³/mol. The molecule has 3 aliphatic rings. The number of halogens is 1. The van der Waals surface area contributed by atoms with Gasteiger partial charge in [-0.15, -0.1) is 0 Å². The zero-order valence-electron chi connectivity index (χ0n) is 22.4. The summed E-state index contributed by atoms with van der Waals surface area (Å²) >= 11 is 6.53. The molecule has 2 fully saturated rings. The highest BCUT2D eigenvalue weighted by Crippen LogP contribution is 2.45. The van der Waals surface area contributed by atoms with E-state index in [0.29, 0.717) is 69.3 Å². The first-order valence-corrected chi connectivity index (χ1v) is 13.6. The van der Waals surface area contributed by atoms with Crippen LogP contribution in [0.2, 0.25) is 5.02 Å². The number of nitrogens with zero attached hydrogens (tertiary/aromatic N) is 1. The Kier molecular flexibility index (Phi) is 7.88. The van der Waals surface area contributed by atoms with Crippen LogP contribution in [0.1, 0.15) is 52.9 Å². The van der Waals surface area contributed by atoms with Gasteiger partial charge in [0, 0.05) is 43.1 Å². The quantitative estimate of drug-likeness (QED) is 0.548. The summed E-state index contributed by atoms with van der Waals surface area (Å²) in [6.07, 6.45) is 4.70. The van der Waals surface area contributed by atoms with Gasteiger partial charge in [-0.2, -0.15) is 0 Å². The van der Waals surface area contributed by atoms with Crippen molar-refractivity contribution in [2.24, 2.45) is 5.92 Å². The van der Waals surface area contributed by atoms with Crippen molar-refractivity contribution in [2.75, 3.05) is 33.9 Å². The molecule has 1 saturated heterocycles. The number of rotatable bonds is 7. The summed E-state index contributed by atoms with van der Waals surface area (Å²) in [5.41, 5.74) is 1.77. The van der Waals surface area contributed by atoms with E-state index >= 15 is 0 Å². The molecule has 1 aromatic heterocycles. The summed E-state index contributed by atoms with van der Waals surface area (Å²) in [6.45, 7) is 6.11. The highest BCUT2D eigenvalue weighted by atomic mass is 35.5. The van der Waals surface area contributed by atoms with Crippen LogP contribution in [-0.2, 0) is 11.3 Å². The van der Waals surface area contributed by atoms with E-state index < -0.39 is 0 Å². The molecule has 0 spiro atoms. The number of fused-ring (bicyclic) bond motifs is 1. The van der Waals surface area contributed by atoms with E-state index in [9.17, 15) is 9.59 Å². The molecule has 9 nitrogen and oxygen atoms in total. The van der Waals surface area contributed by atoms with E-state index in [-0.39, 0.29) is 24.1 Å². The van der Waals surface area contributed by atoms with E-state index in [2.05, 4.69) is 15.2 Å².